The molecule has 6 nitrogen and oxygen atoms in total. The van der Waals surface area contributed by atoms with Gasteiger partial charge in [-0.25, -0.2) is 4.99 Å². The number of halogens is 1. The number of aromatic nitrogens is 2. The smallest absolute Gasteiger partial charge is 0.247 e. The Labute approximate surface area is 130 Å². The largest absolute Gasteiger partial charge is 0.469 e. The third-order valence-corrected chi connectivity index (χ3v) is 3.57. The van der Waals surface area contributed by atoms with E-state index >= 15 is 0 Å². The predicted octanol–water partition coefficient (Wildman–Crippen LogP) is 2.40. The van der Waals surface area contributed by atoms with Crippen molar-refractivity contribution in [1.82, 2.24) is 9.97 Å². The van der Waals surface area contributed by atoms with Gasteiger partial charge < -0.3 is 15.4 Å². The van der Waals surface area contributed by atoms with E-state index in [9.17, 15) is 0 Å². The zero-order chi connectivity index (χ0) is 15.0. The second-order valence-electron chi connectivity index (χ2n) is 4.81. The molecular weight excluding hydrogens is 334 g/mol. The van der Waals surface area contributed by atoms with Gasteiger partial charge in [-0.3, -0.25) is 0 Å². The highest BCUT2D eigenvalue weighted by Crippen LogP contribution is 2.35. The summed E-state index contributed by atoms with van der Waals surface area (Å²) in [5.74, 6) is 1.25. The van der Waals surface area contributed by atoms with E-state index < -0.39 is 0 Å². The van der Waals surface area contributed by atoms with Crippen LogP contribution in [-0.2, 0) is 0 Å². The summed E-state index contributed by atoms with van der Waals surface area (Å²) in [7, 11) is 3.70. The number of hydrogen-bond donors (Lipinski definition) is 1. The molecule has 0 amide bonds. The minimum absolute atomic E-state index is 0.318. The SMILES string of the molecule is CN(C)c1nc(N)c2c(n1)OCC(c1ccc(Br)cc1)=N2. The first-order valence-corrected chi connectivity index (χ1v) is 7.15. The lowest BCUT2D eigenvalue weighted by atomic mass is 10.1. The number of nitrogen functional groups attached to an aromatic ring is 1. The van der Waals surface area contributed by atoms with Crippen molar-refractivity contribution in [2.24, 2.45) is 4.99 Å². The van der Waals surface area contributed by atoms with Crippen LogP contribution in [0, 0.1) is 0 Å². The fraction of sp³-hybridized carbons (Fsp3) is 0.214. The maximum Gasteiger partial charge on any atom is 0.247 e. The predicted molar refractivity (Wildman–Crippen MR) is 86.6 cm³/mol. The minimum atomic E-state index is 0.318. The number of nitrogens with zero attached hydrogens (tertiary/aromatic N) is 4. The highest BCUT2D eigenvalue weighted by molar-refractivity contribution is 9.10. The van der Waals surface area contributed by atoms with Crippen LogP contribution in [-0.4, -0.2) is 36.4 Å². The van der Waals surface area contributed by atoms with Crippen molar-refractivity contribution in [3.05, 3.63) is 34.3 Å². The van der Waals surface area contributed by atoms with Gasteiger partial charge in [-0.2, -0.15) is 9.97 Å². The van der Waals surface area contributed by atoms with E-state index in [1.54, 1.807) is 4.90 Å². The van der Waals surface area contributed by atoms with Crippen molar-refractivity contribution in [2.45, 2.75) is 0 Å². The first-order valence-electron chi connectivity index (χ1n) is 6.36. The van der Waals surface area contributed by atoms with Gasteiger partial charge in [0, 0.05) is 18.6 Å². The molecule has 0 radical (unpaired) electrons. The molecule has 1 aliphatic rings. The van der Waals surface area contributed by atoms with Crippen LogP contribution in [0.4, 0.5) is 17.5 Å². The maximum atomic E-state index is 5.97. The average Bonchev–Trinajstić information content (AvgIpc) is 2.47. The maximum absolute atomic E-state index is 5.97. The van der Waals surface area contributed by atoms with Gasteiger partial charge >= 0.3 is 0 Å². The summed E-state index contributed by atoms with van der Waals surface area (Å²) in [6.07, 6.45) is 0. The van der Waals surface area contributed by atoms with Crippen LogP contribution in [0.5, 0.6) is 5.88 Å². The number of anilines is 2. The van der Waals surface area contributed by atoms with E-state index in [-0.39, 0.29) is 0 Å². The van der Waals surface area contributed by atoms with Crippen LogP contribution >= 0.6 is 15.9 Å². The number of benzene rings is 1. The van der Waals surface area contributed by atoms with Crippen LogP contribution < -0.4 is 15.4 Å². The third kappa shape index (κ3) is 2.69. The lowest BCUT2D eigenvalue weighted by molar-refractivity contribution is 0.357. The molecule has 2 heterocycles. The number of ether oxygens (including phenoxy) is 1. The van der Waals surface area contributed by atoms with Crippen LogP contribution in [0.3, 0.4) is 0 Å². The fourth-order valence-corrected chi connectivity index (χ4v) is 2.20. The quantitative estimate of drug-likeness (QED) is 0.902. The second kappa shape index (κ2) is 5.33. The van der Waals surface area contributed by atoms with Gasteiger partial charge in [0.15, 0.2) is 11.5 Å². The second-order valence-corrected chi connectivity index (χ2v) is 5.73. The summed E-state index contributed by atoms with van der Waals surface area (Å²) in [5, 5.41) is 0. The lowest BCUT2D eigenvalue weighted by Gasteiger charge is -2.19. The normalized spacial score (nSPS) is 13.2. The molecule has 0 bridgehead atoms. The van der Waals surface area contributed by atoms with E-state index in [1.807, 2.05) is 38.4 Å². The molecule has 1 aromatic carbocycles. The topological polar surface area (TPSA) is 76.6 Å². The van der Waals surface area contributed by atoms with E-state index in [2.05, 4.69) is 30.9 Å². The number of nitrogens with two attached hydrogens (primary N) is 1. The Morgan fingerprint density at radius 3 is 2.57 bits per heavy atom. The van der Waals surface area contributed by atoms with Gasteiger partial charge in [-0.05, 0) is 17.7 Å². The van der Waals surface area contributed by atoms with Crippen LogP contribution in [0.2, 0.25) is 0 Å². The summed E-state index contributed by atoms with van der Waals surface area (Å²) >= 11 is 3.41. The Morgan fingerprint density at radius 1 is 1.19 bits per heavy atom. The Balaban J connectivity index is 2.03. The van der Waals surface area contributed by atoms with Gasteiger partial charge in [0.1, 0.15) is 6.61 Å². The summed E-state index contributed by atoms with van der Waals surface area (Å²) < 4.78 is 6.71. The molecule has 2 N–H and O–H groups in total. The van der Waals surface area contributed by atoms with Crippen LogP contribution in [0.15, 0.2) is 33.7 Å². The van der Waals surface area contributed by atoms with Crippen molar-refractivity contribution in [3.63, 3.8) is 0 Å². The van der Waals surface area contributed by atoms with Gasteiger partial charge in [0.05, 0.1) is 5.71 Å². The van der Waals surface area contributed by atoms with Gasteiger partial charge in [0.25, 0.3) is 0 Å². The molecule has 3 rings (SSSR count). The molecule has 7 heteroatoms. The lowest BCUT2D eigenvalue weighted by Crippen LogP contribution is -2.20. The van der Waals surface area contributed by atoms with Crippen molar-refractivity contribution in [2.75, 3.05) is 31.3 Å². The third-order valence-electron chi connectivity index (χ3n) is 3.04. The highest BCUT2D eigenvalue weighted by atomic mass is 79.9. The van der Waals surface area contributed by atoms with Crippen molar-refractivity contribution >= 4 is 39.1 Å². The summed E-state index contributed by atoms with van der Waals surface area (Å²) in [6, 6.07) is 7.87. The van der Waals surface area contributed by atoms with Crippen LogP contribution in [0.1, 0.15) is 5.56 Å². The molecule has 2 aromatic rings. The van der Waals surface area contributed by atoms with Crippen molar-refractivity contribution < 1.29 is 4.74 Å². The van der Waals surface area contributed by atoms with Crippen molar-refractivity contribution in [3.8, 4) is 5.88 Å². The van der Waals surface area contributed by atoms with E-state index in [0.717, 1.165) is 15.7 Å². The first kappa shape index (κ1) is 13.8. The number of fused-ring (bicyclic) bond motifs is 1. The Kier molecular flexibility index (Phi) is 3.50. The van der Waals surface area contributed by atoms with Crippen LogP contribution in [0.25, 0.3) is 0 Å². The molecule has 108 valence electrons. The van der Waals surface area contributed by atoms with Gasteiger partial charge in [0.2, 0.25) is 11.8 Å². The number of aliphatic imine (C=N–C) groups is 1. The molecule has 0 unspecified atom stereocenters. The van der Waals surface area contributed by atoms with E-state index in [1.165, 1.54) is 0 Å². The molecule has 0 saturated heterocycles. The number of hydrogen-bond acceptors (Lipinski definition) is 6. The molecule has 0 fully saturated rings. The van der Waals surface area contributed by atoms with Gasteiger partial charge in [-0.1, -0.05) is 28.1 Å². The Morgan fingerprint density at radius 2 is 1.90 bits per heavy atom. The minimum Gasteiger partial charge on any atom is -0.469 e. The number of rotatable bonds is 2. The summed E-state index contributed by atoms with van der Waals surface area (Å²) in [6.45, 7) is 0.359. The molecule has 1 aromatic heterocycles. The molecule has 0 atom stereocenters. The van der Waals surface area contributed by atoms with Crippen molar-refractivity contribution in [1.29, 1.82) is 0 Å². The Bertz CT molecular complexity index is 712. The van der Waals surface area contributed by atoms with E-state index in [4.69, 9.17) is 10.5 Å². The average molecular weight is 348 g/mol. The summed E-state index contributed by atoms with van der Waals surface area (Å²) in [4.78, 5) is 14.9. The molecule has 0 aliphatic carbocycles. The zero-order valence-electron chi connectivity index (χ0n) is 11.7. The molecule has 21 heavy (non-hydrogen) atoms. The molecule has 0 spiro atoms. The van der Waals surface area contributed by atoms with E-state index in [0.29, 0.717) is 29.9 Å². The summed E-state index contributed by atoms with van der Waals surface area (Å²) in [5.41, 5.74) is 8.26. The zero-order valence-corrected chi connectivity index (χ0v) is 13.3. The fourth-order valence-electron chi connectivity index (χ4n) is 1.94. The Hall–Kier alpha value is -2.15. The standard InChI is InChI=1S/C14H14BrN5O/c1-20(2)14-18-12(16)11-13(19-14)21-7-10(17-11)8-3-5-9(15)6-4-8/h3-6H,7H2,1-2H3,(H2,16,18,19). The molecule has 0 saturated carbocycles. The van der Waals surface area contributed by atoms with Gasteiger partial charge in [-0.15, -0.1) is 0 Å². The monoisotopic (exact) mass is 347 g/mol. The first-order chi connectivity index (χ1) is 10.0. The highest BCUT2D eigenvalue weighted by Gasteiger charge is 2.21. The molecular formula is C14H14BrN5O. The molecule has 1 aliphatic heterocycles.